The van der Waals surface area contributed by atoms with Crippen molar-refractivity contribution in [3.8, 4) is 5.75 Å². The molecule has 0 saturated heterocycles. The second-order valence-corrected chi connectivity index (χ2v) is 5.75. The highest BCUT2D eigenvalue weighted by Gasteiger charge is 2.17. The molecule has 23 heavy (non-hydrogen) atoms. The van der Waals surface area contributed by atoms with Crippen LogP contribution in [0.1, 0.15) is 22.3 Å². The zero-order valence-corrected chi connectivity index (χ0v) is 13.4. The Hall–Kier alpha value is -2.39. The van der Waals surface area contributed by atoms with E-state index in [1.165, 1.54) is 11.1 Å². The van der Waals surface area contributed by atoms with Crippen molar-refractivity contribution in [2.75, 3.05) is 26.7 Å². The highest BCUT2D eigenvalue weighted by Crippen LogP contribution is 2.24. The van der Waals surface area contributed by atoms with Crippen LogP contribution in [-0.4, -0.2) is 37.4 Å². The first kappa shape index (κ1) is 15.5. The molecule has 118 valence electrons. The SMILES string of the molecule is COc1cccc(C2=CCCN(CC(=O)c3ccccc3)C2)c1. The Morgan fingerprint density at radius 1 is 1.13 bits per heavy atom. The fourth-order valence-electron chi connectivity index (χ4n) is 2.89. The molecule has 3 nitrogen and oxygen atoms in total. The predicted molar refractivity (Wildman–Crippen MR) is 92.8 cm³/mol. The Morgan fingerprint density at radius 2 is 1.96 bits per heavy atom. The van der Waals surface area contributed by atoms with E-state index in [1.807, 2.05) is 48.5 Å². The predicted octanol–water partition coefficient (Wildman–Crippen LogP) is 3.67. The Labute approximate surface area is 137 Å². The summed E-state index contributed by atoms with van der Waals surface area (Å²) in [5, 5.41) is 0. The molecule has 0 aromatic heterocycles. The van der Waals surface area contributed by atoms with Gasteiger partial charge in [0.05, 0.1) is 13.7 Å². The third-order valence-electron chi connectivity index (χ3n) is 4.13. The van der Waals surface area contributed by atoms with Gasteiger partial charge in [-0.15, -0.1) is 0 Å². The fourth-order valence-corrected chi connectivity index (χ4v) is 2.89. The fraction of sp³-hybridized carbons (Fsp3) is 0.250. The number of hydrogen-bond acceptors (Lipinski definition) is 3. The van der Waals surface area contributed by atoms with Crippen molar-refractivity contribution in [1.82, 2.24) is 4.90 Å². The standard InChI is InChI=1S/C20H21NO2/c1-23-19-11-5-9-17(13-19)18-10-6-12-21(14-18)15-20(22)16-7-3-2-4-8-16/h2-5,7-11,13H,6,12,14-15H2,1H3. The van der Waals surface area contributed by atoms with Crippen LogP contribution in [0.15, 0.2) is 60.7 Å². The van der Waals surface area contributed by atoms with Crippen molar-refractivity contribution in [1.29, 1.82) is 0 Å². The van der Waals surface area contributed by atoms with Crippen molar-refractivity contribution < 1.29 is 9.53 Å². The largest absolute Gasteiger partial charge is 0.497 e. The van der Waals surface area contributed by atoms with Crippen LogP contribution in [0.25, 0.3) is 5.57 Å². The molecule has 1 aliphatic heterocycles. The van der Waals surface area contributed by atoms with Gasteiger partial charge in [0, 0.05) is 18.7 Å². The van der Waals surface area contributed by atoms with E-state index in [0.717, 1.165) is 30.8 Å². The molecule has 2 aromatic rings. The highest BCUT2D eigenvalue weighted by molar-refractivity contribution is 5.97. The molecular weight excluding hydrogens is 286 g/mol. The number of ether oxygens (including phenoxy) is 1. The maximum Gasteiger partial charge on any atom is 0.176 e. The number of carbonyl (C=O) groups excluding carboxylic acids is 1. The summed E-state index contributed by atoms with van der Waals surface area (Å²) in [5.74, 6) is 1.04. The summed E-state index contributed by atoms with van der Waals surface area (Å²) in [6.45, 7) is 2.18. The Morgan fingerprint density at radius 3 is 2.74 bits per heavy atom. The molecule has 3 heteroatoms. The molecular formula is C20H21NO2. The molecule has 0 unspecified atom stereocenters. The number of benzene rings is 2. The van der Waals surface area contributed by atoms with Crippen LogP contribution >= 0.6 is 0 Å². The molecule has 3 rings (SSSR count). The molecule has 1 heterocycles. The number of Topliss-reactive ketones (excluding diaryl/α,β-unsaturated/α-hetero) is 1. The van der Waals surface area contributed by atoms with Gasteiger partial charge in [0.2, 0.25) is 0 Å². The molecule has 0 fully saturated rings. The van der Waals surface area contributed by atoms with E-state index in [4.69, 9.17) is 4.74 Å². The van der Waals surface area contributed by atoms with Crippen molar-refractivity contribution in [2.24, 2.45) is 0 Å². The van der Waals surface area contributed by atoms with E-state index < -0.39 is 0 Å². The van der Waals surface area contributed by atoms with Gasteiger partial charge in [-0.3, -0.25) is 9.69 Å². The second kappa shape index (κ2) is 7.25. The zero-order chi connectivity index (χ0) is 16.1. The first-order chi connectivity index (χ1) is 11.3. The van der Waals surface area contributed by atoms with Gasteiger partial charge in [0.25, 0.3) is 0 Å². The molecule has 0 radical (unpaired) electrons. The van der Waals surface area contributed by atoms with E-state index in [9.17, 15) is 4.79 Å². The molecule has 1 aliphatic rings. The molecule has 2 aromatic carbocycles. The van der Waals surface area contributed by atoms with Gasteiger partial charge in [0.1, 0.15) is 5.75 Å². The van der Waals surface area contributed by atoms with Crippen LogP contribution in [0, 0.1) is 0 Å². The van der Waals surface area contributed by atoms with Crippen LogP contribution in [0.5, 0.6) is 5.75 Å². The number of methoxy groups -OCH3 is 1. The Bertz CT molecular complexity index is 707. The van der Waals surface area contributed by atoms with Crippen molar-refractivity contribution in [3.05, 3.63) is 71.8 Å². The summed E-state index contributed by atoms with van der Waals surface area (Å²) >= 11 is 0. The average Bonchev–Trinajstić information content (AvgIpc) is 2.63. The van der Waals surface area contributed by atoms with Gasteiger partial charge < -0.3 is 4.74 Å². The Kier molecular flexibility index (Phi) is 4.89. The molecule has 0 N–H and O–H groups in total. The van der Waals surface area contributed by atoms with Crippen LogP contribution in [0.2, 0.25) is 0 Å². The third-order valence-corrected chi connectivity index (χ3v) is 4.13. The molecule has 0 bridgehead atoms. The summed E-state index contributed by atoms with van der Waals surface area (Å²) in [5.41, 5.74) is 3.21. The van der Waals surface area contributed by atoms with E-state index >= 15 is 0 Å². The normalized spacial score (nSPS) is 15.1. The minimum absolute atomic E-state index is 0.178. The van der Waals surface area contributed by atoms with Crippen LogP contribution < -0.4 is 4.74 Å². The lowest BCUT2D eigenvalue weighted by atomic mass is 10.0. The zero-order valence-electron chi connectivity index (χ0n) is 13.4. The van der Waals surface area contributed by atoms with E-state index in [-0.39, 0.29) is 5.78 Å². The minimum atomic E-state index is 0.178. The number of hydrogen-bond donors (Lipinski definition) is 0. The molecule has 0 aliphatic carbocycles. The van der Waals surface area contributed by atoms with Crippen molar-refractivity contribution >= 4 is 11.4 Å². The summed E-state index contributed by atoms with van der Waals surface area (Å²) in [6.07, 6.45) is 3.23. The minimum Gasteiger partial charge on any atom is -0.497 e. The smallest absolute Gasteiger partial charge is 0.176 e. The van der Waals surface area contributed by atoms with Crippen LogP contribution in [0.4, 0.5) is 0 Å². The third kappa shape index (κ3) is 3.88. The number of ketones is 1. The lowest BCUT2D eigenvalue weighted by molar-refractivity contribution is 0.0938. The maximum absolute atomic E-state index is 12.4. The van der Waals surface area contributed by atoms with Gasteiger partial charge >= 0.3 is 0 Å². The van der Waals surface area contributed by atoms with E-state index in [2.05, 4.69) is 17.0 Å². The summed E-state index contributed by atoms with van der Waals surface area (Å²) in [6, 6.07) is 17.6. The molecule has 0 atom stereocenters. The number of rotatable bonds is 5. The lowest BCUT2D eigenvalue weighted by Crippen LogP contribution is -2.34. The average molecular weight is 307 g/mol. The summed E-state index contributed by atoms with van der Waals surface area (Å²) < 4.78 is 5.30. The second-order valence-electron chi connectivity index (χ2n) is 5.75. The summed E-state index contributed by atoms with van der Waals surface area (Å²) in [4.78, 5) is 14.6. The van der Waals surface area contributed by atoms with Crippen LogP contribution in [-0.2, 0) is 0 Å². The van der Waals surface area contributed by atoms with Gasteiger partial charge in [-0.05, 0) is 29.7 Å². The maximum atomic E-state index is 12.4. The van der Waals surface area contributed by atoms with Gasteiger partial charge in [-0.1, -0.05) is 48.5 Å². The highest BCUT2D eigenvalue weighted by atomic mass is 16.5. The van der Waals surface area contributed by atoms with Crippen LogP contribution in [0.3, 0.4) is 0 Å². The number of carbonyl (C=O) groups is 1. The van der Waals surface area contributed by atoms with Gasteiger partial charge in [0.15, 0.2) is 5.78 Å². The van der Waals surface area contributed by atoms with Gasteiger partial charge in [-0.25, -0.2) is 0 Å². The van der Waals surface area contributed by atoms with E-state index in [1.54, 1.807) is 7.11 Å². The Balaban J connectivity index is 1.68. The summed E-state index contributed by atoms with van der Waals surface area (Å²) in [7, 11) is 1.68. The number of nitrogens with zero attached hydrogens (tertiary/aromatic N) is 1. The van der Waals surface area contributed by atoms with Crippen molar-refractivity contribution in [3.63, 3.8) is 0 Å². The first-order valence-corrected chi connectivity index (χ1v) is 7.90. The van der Waals surface area contributed by atoms with E-state index in [0.29, 0.717) is 6.54 Å². The van der Waals surface area contributed by atoms with Gasteiger partial charge in [-0.2, -0.15) is 0 Å². The van der Waals surface area contributed by atoms with Crippen molar-refractivity contribution in [2.45, 2.75) is 6.42 Å². The lowest BCUT2D eigenvalue weighted by Gasteiger charge is -2.27. The quantitative estimate of drug-likeness (QED) is 0.789. The first-order valence-electron chi connectivity index (χ1n) is 7.90. The molecule has 0 saturated carbocycles. The molecule has 0 spiro atoms. The molecule has 0 amide bonds. The topological polar surface area (TPSA) is 29.5 Å². The monoisotopic (exact) mass is 307 g/mol.